The molecule has 0 aromatic carbocycles. The van der Waals surface area contributed by atoms with E-state index in [0.717, 1.165) is 24.7 Å². The molecular weight excluding hydrogens is 368 g/mol. The molecule has 1 aromatic heterocycles. The van der Waals surface area contributed by atoms with Crippen molar-refractivity contribution in [3.63, 3.8) is 0 Å². The quantitative estimate of drug-likeness (QED) is 0.618. The zero-order valence-corrected chi connectivity index (χ0v) is 16.3. The highest BCUT2D eigenvalue weighted by Gasteiger charge is 2.29. The van der Waals surface area contributed by atoms with Crippen LogP contribution in [0, 0.1) is 5.92 Å². The maximum Gasteiger partial charge on any atom is 0.306 e. The Bertz CT molecular complexity index is 803. The predicted octanol–water partition coefficient (Wildman–Crippen LogP) is 2.36. The van der Waals surface area contributed by atoms with Gasteiger partial charge in [-0.05, 0) is 57.0 Å². The van der Waals surface area contributed by atoms with Crippen LogP contribution in [0.5, 0.6) is 0 Å². The lowest BCUT2D eigenvalue weighted by molar-refractivity contribution is -0.155. The second kappa shape index (κ2) is 7.67. The first kappa shape index (κ1) is 19.3. The van der Waals surface area contributed by atoms with Crippen LogP contribution < -0.4 is 10.2 Å². The number of aromatic nitrogens is 2. The largest absolute Gasteiger partial charge is 0.460 e. The van der Waals surface area contributed by atoms with Gasteiger partial charge in [0, 0.05) is 19.3 Å². The van der Waals surface area contributed by atoms with E-state index in [4.69, 9.17) is 4.74 Å². The molecule has 144 valence electrons. The summed E-state index contributed by atoms with van der Waals surface area (Å²) in [5, 5.41) is 1.83. The smallest absolute Gasteiger partial charge is 0.306 e. The number of hydrogen-bond acceptors (Lipinski definition) is 8. The maximum absolute atomic E-state index is 12.0. The molecular formula is C18H22N4O4S. The summed E-state index contributed by atoms with van der Waals surface area (Å²) in [6.45, 7) is 7.00. The van der Waals surface area contributed by atoms with Crippen LogP contribution in [0.15, 0.2) is 17.2 Å². The Morgan fingerprint density at radius 3 is 2.89 bits per heavy atom. The van der Waals surface area contributed by atoms with Gasteiger partial charge in [0.05, 0.1) is 17.0 Å². The van der Waals surface area contributed by atoms with Crippen LogP contribution in [0.2, 0.25) is 0 Å². The summed E-state index contributed by atoms with van der Waals surface area (Å²) in [6, 6.07) is 1.68. The third kappa shape index (κ3) is 5.29. The monoisotopic (exact) mass is 390 g/mol. The molecule has 1 atom stereocenters. The maximum atomic E-state index is 12.0. The lowest BCUT2D eigenvalue weighted by Crippen LogP contribution is -2.26. The zero-order valence-electron chi connectivity index (χ0n) is 15.5. The first-order valence-electron chi connectivity index (χ1n) is 8.74. The van der Waals surface area contributed by atoms with Crippen LogP contribution in [0.4, 0.5) is 10.7 Å². The molecule has 0 spiro atoms. The number of carbonyl (C=O) groups excluding carboxylic acids is 3. The van der Waals surface area contributed by atoms with Crippen molar-refractivity contribution in [3.8, 4) is 0 Å². The van der Waals surface area contributed by atoms with Crippen LogP contribution in [0.25, 0.3) is 6.08 Å². The normalized spacial score (nSPS) is 21.7. The van der Waals surface area contributed by atoms with Gasteiger partial charge in [0.1, 0.15) is 5.60 Å². The van der Waals surface area contributed by atoms with Crippen LogP contribution in [0.3, 0.4) is 0 Å². The van der Waals surface area contributed by atoms with Crippen molar-refractivity contribution in [1.82, 2.24) is 15.3 Å². The number of thioether (sulfide) groups is 1. The van der Waals surface area contributed by atoms with Gasteiger partial charge in [-0.3, -0.25) is 19.7 Å². The molecule has 1 unspecified atom stereocenters. The number of nitrogens with zero attached hydrogens (tertiary/aromatic N) is 3. The van der Waals surface area contributed by atoms with E-state index in [-0.39, 0.29) is 17.1 Å². The first-order chi connectivity index (χ1) is 12.7. The molecule has 8 nitrogen and oxygen atoms in total. The van der Waals surface area contributed by atoms with E-state index in [0.29, 0.717) is 29.5 Å². The summed E-state index contributed by atoms with van der Waals surface area (Å²) in [5.74, 6) is 0.136. The fourth-order valence-electron chi connectivity index (χ4n) is 2.95. The van der Waals surface area contributed by atoms with E-state index < -0.39 is 11.5 Å². The third-order valence-electron chi connectivity index (χ3n) is 4.03. The van der Waals surface area contributed by atoms with E-state index in [1.54, 1.807) is 18.3 Å². The van der Waals surface area contributed by atoms with Crippen molar-refractivity contribution in [2.45, 2.75) is 39.2 Å². The summed E-state index contributed by atoms with van der Waals surface area (Å²) in [7, 11) is 0. The third-order valence-corrected chi connectivity index (χ3v) is 4.84. The van der Waals surface area contributed by atoms with Crippen molar-refractivity contribution < 1.29 is 19.1 Å². The van der Waals surface area contributed by atoms with Crippen LogP contribution >= 0.6 is 11.8 Å². The Morgan fingerprint density at radius 2 is 2.22 bits per heavy atom. The second-order valence-electron chi connectivity index (χ2n) is 7.53. The van der Waals surface area contributed by atoms with Crippen molar-refractivity contribution in [2.75, 3.05) is 18.0 Å². The topological polar surface area (TPSA) is 101 Å². The first-order valence-corrected chi connectivity index (χ1v) is 9.56. The van der Waals surface area contributed by atoms with Gasteiger partial charge < -0.3 is 9.64 Å². The molecule has 2 aliphatic heterocycles. The Morgan fingerprint density at radius 1 is 1.44 bits per heavy atom. The molecule has 27 heavy (non-hydrogen) atoms. The number of nitrogens with one attached hydrogen (secondary N) is 1. The number of carbonyl (C=O) groups is 3. The van der Waals surface area contributed by atoms with Crippen molar-refractivity contribution in [3.05, 3.63) is 22.9 Å². The highest BCUT2D eigenvalue weighted by molar-refractivity contribution is 8.18. The van der Waals surface area contributed by atoms with E-state index in [9.17, 15) is 14.4 Å². The fraction of sp³-hybridized carbons (Fsp3) is 0.500. The molecule has 3 rings (SSSR count). The molecule has 2 saturated heterocycles. The van der Waals surface area contributed by atoms with E-state index in [1.807, 2.05) is 25.7 Å². The Balaban J connectivity index is 1.63. The van der Waals surface area contributed by atoms with Crippen molar-refractivity contribution in [2.24, 2.45) is 5.92 Å². The number of imide groups is 1. The zero-order chi connectivity index (χ0) is 19.6. The highest BCUT2D eigenvalue weighted by Crippen LogP contribution is 2.27. The molecule has 2 fully saturated rings. The molecule has 0 bridgehead atoms. The molecule has 0 aliphatic carbocycles. The van der Waals surface area contributed by atoms with Crippen LogP contribution in [-0.2, 0) is 14.3 Å². The van der Waals surface area contributed by atoms with Gasteiger partial charge in [-0.25, -0.2) is 9.97 Å². The van der Waals surface area contributed by atoms with Gasteiger partial charge in [-0.15, -0.1) is 0 Å². The van der Waals surface area contributed by atoms with Gasteiger partial charge in [0.2, 0.25) is 5.95 Å². The lowest BCUT2D eigenvalue weighted by Gasteiger charge is -2.21. The summed E-state index contributed by atoms with van der Waals surface area (Å²) < 4.78 is 5.39. The van der Waals surface area contributed by atoms with Gasteiger partial charge in [-0.2, -0.15) is 0 Å². The number of ether oxygens (including phenoxy) is 1. The molecule has 1 N–H and O–H groups in total. The average molecular weight is 390 g/mol. The van der Waals surface area contributed by atoms with Crippen LogP contribution in [0.1, 0.15) is 39.3 Å². The number of rotatable bonds is 4. The van der Waals surface area contributed by atoms with E-state index >= 15 is 0 Å². The molecule has 0 radical (unpaired) electrons. The minimum absolute atomic E-state index is 0.192. The standard InChI is InChI=1S/C18H22N4O4S/c1-18(2,3)26-14(23)8-11-5-7-22(10-11)16-19-6-4-12(20-16)9-13-15(24)21-17(25)27-13/h4,6,9,11H,5,7-8,10H2,1-3H3,(H,21,24,25)/b13-9-. The molecule has 2 amide bonds. The second-order valence-corrected chi connectivity index (χ2v) is 8.54. The SMILES string of the molecule is CC(C)(C)OC(=O)CC1CCN(c2nccc(/C=C3\SC(=O)NC3=O)n2)C1. The Labute approximate surface area is 161 Å². The lowest BCUT2D eigenvalue weighted by atomic mass is 10.1. The number of esters is 1. The molecule has 2 aliphatic rings. The Hall–Kier alpha value is -2.42. The van der Waals surface area contributed by atoms with Crippen molar-refractivity contribution in [1.29, 1.82) is 0 Å². The minimum Gasteiger partial charge on any atom is -0.460 e. The summed E-state index contributed by atoms with van der Waals surface area (Å²) in [6.07, 6.45) is 4.43. The van der Waals surface area contributed by atoms with Gasteiger partial charge >= 0.3 is 5.97 Å². The molecule has 1 aromatic rings. The molecule has 3 heterocycles. The highest BCUT2D eigenvalue weighted by atomic mass is 32.2. The number of amides is 2. The predicted molar refractivity (Wildman–Crippen MR) is 102 cm³/mol. The number of anilines is 1. The minimum atomic E-state index is -0.480. The average Bonchev–Trinajstić information content (AvgIpc) is 3.12. The molecule has 0 saturated carbocycles. The summed E-state index contributed by atoms with van der Waals surface area (Å²) >= 11 is 0.854. The van der Waals surface area contributed by atoms with Gasteiger partial charge in [0.25, 0.3) is 11.1 Å². The Kier molecular flexibility index (Phi) is 5.50. The summed E-state index contributed by atoms with van der Waals surface area (Å²) in [5.41, 5.74) is 0.0784. The molecule has 9 heteroatoms. The number of hydrogen-bond donors (Lipinski definition) is 1. The fourth-order valence-corrected chi connectivity index (χ4v) is 3.62. The van der Waals surface area contributed by atoms with Crippen LogP contribution in [-0.4, -0.2) is 45.8 Å². The van der Waals surface area contributed by atoms with E-state index in [2.05, 4.69) is 15.3 Å². The van der Waals surface area contributed by atoms with E-state index in [1.165, 1.54) is 0 Å². The van der Waals surface area contributed by atoms with Crippen molar-refractivity contribution >= 4 is 40.9 Å². The summed E-state index contributed by atoms with van der Waals surface area (Å²) in [4.78, 5) is 46.0. The van der Waals surface area contributed by atoms with Gasteiger partial charge in [0.15, 0.2) is 0 Å². The van der Waals surface area contributed by atoms with Gasteiger partial charge in [-0.1, -0.05) is 0 Å².